The molecule has 1 aliphatic heterocycles. The van der Waals surface area contributed by atoms with E-state index in [1.807, 2.05) is 13.0 Å². The van der Waals surface area contributed by atoms with Crippen LogP contribution < -0.4 is 5.32 Å². The molecule has 1 saturated heterocycles. The summed E-state index contributed by atoms with van der Waals surface area (Å²) in [6, 6.07) is 1.93. The maximum atomic E-state index is 11.7. The number of aromatic nitrogens is 2. The first-order chi connectivity index (χ1) is 7.70. The van der Waals surface area contributed by atoms with Crippen LogP contribution in [0.25, 0.3) is 0 Å². The van der Waals surface area contributed by atoms with Crippen molar-refractivity contribution in [1.82, 2.24) is 10.2 Å². The van der Waals surface area contributed by atoms with Crippen molar-refractivity contribution in [3.8, 4) is 6.07 Å². The molecular formula is C10H12N4O2. The van der Waals surface area contributed by atoms with Crippen molar-refractivity contribution in [3.63, 3.8) is 0 Å². The van der Waals surface area contributed by atoms with Gasteiger partial charge in [0.15, 0.2) is 0 Å². The number of nitrogens with zero attached hydrogens (tertiary/aromatic N) is 2. The zero-order valence-electron chi connectivity index (χ0n) is 8.86. The van der Waals surface area contributed by atoms with Gasteiger partial charge in [0, 0.05) is 0 Å². The molecule has 0 aliphatic carbocycles. The molecule has 16 heavy (non-hydrogen) atoms. The van der Waals surface area contributed by atoms with Crippen molar-refractivity contribution in [2.75, 3.05) is 5.32 Å². The van der Waals surface area contributed by atoms with Crippen LogP contribution in [0.4, 0.5) is 5.82 Å². The molecule has 0 radical (unpaired) electrons. The Kier molecular flexibility index (Phi) is 2.88. The Hall–Kier alpha value is -1.87. The fraction of sp³-hybridized carbons (Fsp3) is 0.500. The number of hydrogen-bond acceptors (Lipinski definition) is 4. The number of anilines is 1. The number of H-pyrrole nitrogens is 1. The third-order valence-electron chi connectivity index (χ3n) is 2.53. The van der Waals surface area contributed by atoms with Gasteiger partial charge in [0.2, 0.25) is 0 Å². The third kappa shape index (κ3) is 2.04. The summed E-state index contributed by atoms with van der Waals surface area (Å²) < 4.78 is 5.42. The van der Waals surface area contributed by atoms with Gasteiger partial charge in [-0.25, -0.2) is 0 Å². The standard InChI is InChI=1S/C10H12N4O2/c1-6-2-3-8(16-6)10(15)13-9-7(4-11)5-12-14-9/h5-6,8H,2-3H2,1H3,(H2,12,13,14,15). The summed E-state index contributed by atoms with van der Waals surface area (Å²) >= 11 is 0. The van der Waals surface area contributed by atoms with Gasteiger partial charge in [0.25, 0.3) is 5.91 Å². The summed E-state index contributed by atoms with van der Waals surface area (Å²) in [6.07, 6.45) is 2.65. The molecule has 6 heteroatoms. The van der Waals surface area contributed by atoms with Crippen LogP contribution in [0.15, 0.2) is 6.20 Å². The third-order valence-corrected chi connectivity index (χ3v) is 2.53. The maximum absolute atomic E-state index is 11.7. The minimum atomic E-state index is -0.426. The van der Waals surface area contributed by atoms with Gasteiger partial charge >= 0.3 is 0 Å². The molecule has 2 rings (SSSR count). The Morgan fingerprint density at radius 2 is 2.56 bits per heavy atom. The summed E-state index contributed by atoms with van der Waals surface area (Å²) in [5.74, 6) is 0.0979. The van der Waals surface area contributed by atoms with Gasteiger partial charge in [-0.15, -0.1) is 0 Å². The number of aromatic amines is 1. The second-order valence-corrected chi connectivity index (χ2v) is 3.77. The smallest absolute Gasteiger partial charge is 0.254 e. The number of nitrogens with one attached hydrogen (secondary N) is 2. The van der Waals surface area contributed by atoms with Crippen molar-refractivity contribution in [3.05, 3.63) is 11.8 Å². The molecule has 0 bridgehead atoms. The van der Waals surface area contributed by atoms with Crippen LogP contribution in [0.3, 0.4) is 0 Å². The number of carbonyl (C=O) groups is 1. The lowest BCUT2D eigenvalue weighted by atomic mass is 10.2. The fourth-order valence-corrected chi connectivity index (χ4v) is 1.67. The topological polar surface area (TPSA) is 90.8 Å². The molecule has 2 heterocycles. The summed E-state index contributed by atoms with van der Waals surface area (Å²) in [6.45, 7) is 1.93. The van der Waals surface area contributed by atoms with Gasteiger partial charge in [0.05, 0.1) is 12.3 Å². The molecule has 1 aromatic heterocycles. The zero-order chi connectivity index (χ0) is 11.5. The number of rotatable bonds is 2. The predicted molar refractivity (Wildman–Crippen MR) is 55.5 cm³/mol. The van der Waals surface area contributed by atoms with E-state index in [0.29, 0.717) is 17.8 Å². The highest BCUT2D eigenvalue weighted by Crippen LogP contribution is 2.20. The van der Waals surface area contributed by atoms with E-state index in [1.54, 1.807) is 0 Å². The van der Waals surface area contributed by atoms with Crippen molar-refractivity contribution >= 4 is 11.7 Å². The molecule has 84 valence electrons. The van der Waals surface area contributed by atoms with Crippen LogP contribution in [0.2, 0.25) is 0 Å². The van der Waals surface area contributed by atoms with Gasteiger partial charge < -0.3 is 10.1 Å². The monoisotopic (exact) mass is 220 g/mol. The van der Waals surface area contributed by atoms with Crippen LogP contribution in [-0.2, 0) is 9.53 Å². The molecule has 1 fully saturated rings. The number of ether oxygens (including phenoxy) is 1. The quantitative estimate of drug-likeness (QED) is 0.770. The Morgan fingerprint density at radius 3 is 3.19 bits per heavy atom. The summed E-state index contributed by atoms with van der Waals surface area (Å²) in [5.41, 5.74) is 0.319. The molecule has 1 aromatic rings. The summed E-state index contributed by atoms with van der Waals surface area (Å²) in [5, 5.41) is 17.6. The Morgan fingerprint density at radius 1 is 1.75 bits per heavy atom. The number of amides is 1. The molecule has 2 atom stereocenters. The molecule has 2 unspecified atom stereocenters. The van der Waals surface area contributed by atoms with Crippen LogP contribution in [0, 0.1) is 11.3 Å². The van der Waals surface area contributed by atoms with Gasteiger partial charge in [-0.2, -0.15) is 10.4 Å². The van der Waals surface area contributed by atoms with E-state index in [0.717, 1.165) is 6.42 Å². The van der Waals surface area contributed by atoms with E-state index in [1.165, 1.54) is 6.20 Å². The van der Waals surface area contributed by atoms with E-state index in [-0.39, 0.29) is 12.0 Å². The van der Waals surface area contributed by atoms with Gasteiger partial charge in [0.1, 0.15) is 23.6 Å². The van der Waals surface area contributed by atoms with Crippen molar-refractivity contribution in [2.45, 2.75) is 32.0 Å². The second kappa shape index (κ2) is 4.33. The Labute approximate surface area is 92.6 Å². The molecule has 1 amide bonds. The largest absolute Gasteiger partial charge is 0.365 e. The van der Waals surface area contributed by atoms with Crippen LogP contribution in [0.5, 0.6) is 0 Å². The molecule has 6 nitrogen and oxygen atoms in total. The van der Waals surface area contributed by atoms with Crippen molar-refractivity contribution in [2.24, 2.45) is 0 Å². The van der Waals surface area contributed by atoms with Gasteiger partial charge in [-0.05, 0) is 19.8 Å². The fourth-order valence-electron chi connectivity index (χ4n) is 1.67. The second-order valence-electron chi connectivity index (χ2n) is 3.77. The van der Waals surface area contributed by atoms with E-state index < -0.39 is 6.10 Å². The lowest BCUT2D eigenvalue weighted by Crippen LogP contribution is -2.28. The zero-order valence-corrected chi connectivity index (χ0v) is 8.86. The van der Waals surface area contributed by atoms with Gasteiger partial charge in [-0.1, -0.05) is 0 Å². The molecular weight excluding hydrogens is 208 g/mol. The number of hydrogen-bond donors (Lipinski definition) is 2. The first kappa shape index (κ1) is 10.6. The molecule has 0 spiro atoms. The summed E-state index contributed by atoms with van der Waals surface area (Å²) in [7, 11) is 0. The molecule has 2 N–H and O–H groups in total. The van der Waals surface area contributed by atoms with Gasteiger partial charge in [-0.3, -0.25) is 9.89 Å². The van der Waals surface area contributed by atoms with Crippen LogP contribution >= 0.6 is 0 Å². The van der Waals surface area contributed by atoms with E-state index >= 15 is 0 Å². The maximum Gasteiger partial charge on any atom is 0.254 e. The first-order valence-electron chi connectivity index (χ1n) is 5.10. The minimum Gasteiger partial charge on any atom is -0.365 e. The van der Waals surface area contributed by atoms with Crippen LogP contribution in [0.1, 0.15) is 25.3 Å². The van der Waals surface area contributed by atoms with Crippen molar-refractivity contribution < 1.29 is 9.53 Å². The lowest BCUT2D eigenvalue weighted by molar-refractivity contribution is -0.126. The van der Waals surface area contributed by atoms with E-state index in [4.69, 9.17) is 10.00 Å². The van der Waals surface area contributed by atoms with Crippen LogP contribution in [-0.4, -0.2) is 28.3 Å². The normalized spacial score (nSPS) is 24.0. The predicted octanol–water partition coefficient (Wildman–Crippen LogP) is 0.787. The van der Waals surface area contributed by atoms with E-state index in [9.17, 15) is 4.79 Å². The SMILES string of the molecule is CC1CCC(C(=O)Nc2[nH]ncc2C#N)O1. The first-order valence-corrected chi connectivity index (χ1v) is 5.10. The number of nitriles is 1. The highest BCUT2D eigenvalue weighted by atomic mass is 16.5. The Balaban J connectivity index is 2.00. The average Bonchev–Trinajstić information content (AvgIpc) is 2.86. The molecule has 0 aromatic carbocycles. The molecule has 0 saturated carbocycles. The Bertz CT molecular complexity index is 434. The minimum absolute atomic E-state index is 0.118. The molecule has 1 aliphatic rings. The lowest BCUT2D eigenvalue weighted by Gasteiger charge is -2.10. The summed E-state index contributed by atoms with van der Waals surface area (Å²) in [4.78, 5) is 11.7. The number of carbonyl (C=O) groups excluding carboxylic acids is 1. The van der Waals surface area contributed by atoms with Crippen molar-refractivity contribution in [1.29, 1.82) is 5.26 Å². The average molecular weight is 220 g/mol. The highest BCUT2D eigenvalue weighted by molar-refractivity contribution is 5.94. The highest BCUT2D eigenvalue weighted by Gasteiger charge is 2.28. The van der Waals surface area contributed by atoms with E-state index in [2.05, 4.69) is 15.5 Å².